The maximum Gasteiger partial charge on any atom is 0.249 e. The summed E-state index contributed by atoms with van der Waals surface area (Å²) in [7, 11) is 1.59. The molecule has 0 aliphatic heterocycles. The van der Waals surface area contributed by atoms with Gasteiger partial charge < -0.3 is 18.7 Å². The molecule has 8 heteroatoms. The summed E-state index contributed by atoms with van der Waals surface area (Å²) in [6.07, 6.45) is 4.60. The first-order chi connectivity index (χ1) is 18.4. The second-order valence-corrected chi connectivity index (χ2v) is 9.03. The van der Waals surface area contributed by atoms with Crippen LogP contribution in [0.25, 0.3) is 22.4 Å². The highest BCUT2D eigenvalue weighted by Gasteiger charge is 2.30. The average molecular weight is 523 g/mol. The predicted molar refractivity (Wildman–Crippen MR) is 148 cm³/mol. The van der Waals surface area contributed by atoms with E-state index >= 15 is 0 Å². The SMILES string of the molecule is CCCCOc1cc(OCCCC)c(-c2noc(N(C(C)=O)C(C)=O)c2-c2ccc(OC)cc2)cc1CC. The van der Waals surface area contributed by atoms with Gasteiger partial charge in [0.15, 0.2) is 0 Å². The number of benzene rings is 2. The molecule has 3 aromatic rings. The van der Waals surface area contributed by atoms with Crippen molar-refractivity contribution in [3.63, 3.8) is 0 Å². The Hall–Kier alpha value is -3.81. The first kappa shape index (κ1) is 28.8. The Kier molecular flexibility index (Phi) is 10.3. The van der Waals surface area contributed by atoms with E-state index in [1.807, 2.05) is 36.4 Å². The van der Waals surface area contributed by atoms with E-state index in [1.165, 1.54) is 13.8 Å². The van der Waals surface area contributed by atoms with Crippen molar-refractivity contribution in [3.05, 3.63) is 42.0 Å². The normalized spacial score (nSPS) is 10.8. The van der Waals surface area contributed by atoms with Crippen LogP contribution in [0.4, 0.5) is 5.88 Å². The molecular formula is C30H38N2O6. The summed E-state index contributed by atoms with van der Waals surface area (Å²) in [6, 6.07) is 11.2. The first-order valence-electron chi connectivity index (χ1n) is 13.2. The quantitative estimate of drug-likeness (QED) is 0.227. The van der Waals surface area contributed by atoms with Gasteiger partial charge in [0.1, 0.15) is 22.9 Å². The average Bonchev–Trinajstić information content (AvgIpc) is 3.32. The lowest BCUT2D eigenvalue weighted by Crippen LogP contribution is -2.33. The Morgan fingerprint density at radius 1 is 0.895 bits per heavy atom. The molecule has 38 heavy (non-hydrogen) atoms. The van der Waals surface area contributed by atoms with Crippen molar-refractivity contribution in [2.24, 2.45) is 0 Å². The number of methoxy groups -OCH3 is 1. The van der Waals surface area contributed by atoms with Crippen LogP contribution >= 0.6 is 0 Å². The Labute approximate surface area is 224 Å². The molecule has 0 N–H and O–H groups in total. The Balaban J connectivity index is 2.27. The molecule has 1 heterocycles. The van der Waals surface area contributed by atoms with E-state index in [2.05, 4.69) is 25.9 Å². The summed E-state index contributed by atoms with van der Waals surface area (Å²) in [4.78, 5) is 26.0. The number of aromatic nitrogens is 1. The monoisotopic (exact) mass is 522 g/mol. The van der Waals surface area contributed by atoms with Gasteiger partial charge in [0.05, 0.1) is 25.9 Å². The highest BCUT2D eigenvalue weighted by Crippen LogP contribution is 2.45. The third-order valence-electron chi connectivity index (χ3n) is 6.20. The number of nitrogens with zero attached hydrogens (tertiary/aromatic N) is 2. The topological polar surface area (TPSA) is 91.1 Å². The second kappa shape index (κ2) is 13.7. The fourth-order valence-electron chi connectivity index (χ4n) is 4.12. The molecule has 8 nitrogen and oxygen atoms in total. The number of hydrogen-bond acceptors (Lipinski definition) is 7. The predicted octanol–water partition coefficient (Wildman–Crippen LogP) is 6.84. The lowest BCUT2D eigenvalue weighted by Gasteiger charge is -2.18. The molecule has 0 saturated carbocycles. The maximum absolute atomic E-state index is 12.5. The third kappa shape index (κ3) is 6.54. The molecule has 0 bridgehead atoms. The van der Waals surface area contributed by atoms with Crippen LogP contribution in [-0.2, 0) is 16.0 Å². The number of aryl methyl sites for hydroxylation is 1. The van der Waals surface area contributed by atoms with Crippen LogP contribution in [0.3, 0.4) is 0 Å². The van der Waals surface area contributed by atoms with Crippen molar-refractivity contribution in [1.29, 1.82) is 0 Å². The van der Waals surface area contributed by atoms with Gasteiger partial charge in [-0.05, 0) is 48.6 Å². The number of hydrogen-bond donors (Lipinski definition) is 0. The minimum atomic E-state index is -0.469. The molecular weight excluding hydrogens is 484 g/mol. The summed E-state index contributed by atoms with van der Waals surface area (Å²) in [5.74, 6) is 1.18. The molecule has 2 amide bonds. The van der Waals surface area contributed by atoms with Crippen molar-refractivity contribution in [1.82, 2.24) is 5.16 Å². The minimum Gasteiger partial charge on any atom is -0.497 e. The molecule has 2 aromatic carbocycles. The number of ether oxygens (including phenoxy) is 3. The van der Waals surface area contributed by atoms with Crippen molar-refractivity contribution in [2.45, 2.75) is 66.7 Å². The van der Waals surface area contributed by atoms with E-state index in [1.54, 1.807) is 7.11 Å². The first-order valence-corrected chi connectivity index (χ1v) is 13.2. The Bertz CT molecular complexity index is 1220. The van der Waals surface area contributed by atoms with Gasteiger partial charge in [0.2, 0.25) is 17.7 Å². The van der Waals surface area contributed by atoms with Crippen LogP contribution in [0.2, 0.25) is 0 Å². The standard InChI is InChI=1S/C30H38N2O6/c1-7-10-16-36-26-19-27(37-17-11-8-2)25(18-22(26)9-3)29-28(23-12-14-24(35-6)15-13-23)30(38-31-29)32(20(4)33)21(5)34/h12-15,18-19H,7-11,16-17H2,1-6H3. The summed E-state index contributed by atoms with van der Waals surface area (Å²) >= 11 is 0. The van der Waals surface area contributed by atoms with Crippen LogP contribution in [0.15, 0.2) is 40.9 Å². The molecule has 0 aliphatic carbocycles. The van der Waals surface area contributed by atoms with E-state index in [0.29, 0.717) is 47.1 Å². The maximum atomic E-state index is 12.5. The highest BCUT2D eigenvalue weighted by molar-refractivity contribution is 6.15. The number of imide groups is 1. The number of rotatable bonds is 13. The van der Waals surface area contributed by atoms with Gasteiger partial charge in [0, 0.05) is 25.5 Å². The second-order valence-electron chi connectivity index (χ2n) is 9.03. The fraction of sp³-hybridized carbons (Fsp3) is 0.433. The van der Waals surface area contributed by atoms with Crippen molar-refractivity contribution in [3.8, 4) is 39.6 Å². The number of anilines is 1. The molecule has 1 aromatic heterocycles. The van der Waals surface area contributed by atoms with E-state index in [-0.39, 0.29) is 5.88 Å². The third-order valence-corrected chi connectivity index (χ3v) is 6.20. The van der Waals surface area contributed by atoms with Crippen molar-refractivity contribution in [2.75, 3.05) is 25.2 Å². The number of carbonyl (C=O) groups is 2. The summed E-state index contributed by atoms with van der Waals surface area (Å²) in [5.41, 5.74) is 3.40. The van der Waals surface area contributed by atoms with Gasteiger partial charge in [-0.1, -0.05) is 50.9 Å². The van der Waals surface area contributed by atoms with Crippen LogP contribution in [0.5, 0.6) is 17.2 Å². The lowest BCUT2D eigenvalue weighted by atomic mass is 9.97. The zero-order valence-corrected chi connectivity index (χ0v) is 23.3. The largest absolute Gasteiger partial charge is 0.497 e. The van der Waals surface area contributed by atoms with E-state index in [4.69, 9.17) is 18.7 Å². The minimum absolute atomic E-state index is 0.0611. The smallest absolute Gasteiger partial charge is 0.249 e. The van der Waals surface area contributed by atoms with Gasteiger partial charge >= 0.3 is 0 Å². The molecule has 0 unspecified atom stereocenters. The van der Waals surface area contributed by atoms with E-state index in [9.17, 15) is 9.59 Å². The van der Waals surface area contributed by atoms with Crippen LogP contribution in [0, 0.1) is 0 Å². The lowest BCUT2D eigenvalue weighted by molar-refractivity contribution is -0.124. The van der Waals surface area contributed by atoms with Gasteiger partial charge in [-0.2, -0.15) is 0 Å². The van der Waals surface area contributed by atoms with Crippen LogP contribution < -0.4 is 19.1 Å². The molecule has 0 spiro atoms. The van der Waals surface area contributed by atoms with Crippen LogP contribution in [0.1, 0.15) is 65.9 Å². The van der Waals surface area contributed by atoms with Crippen molar-refractivity contribution >= 4 is 17.7 Å². The number of carbonyl (C=O) groups excluding carboxylic acids is 2. The van der Waals surface area contributed by atoms with Crippen LogP contribution in [-0.4, -0.2) is 37.3 Å². The van der Waals surface area contributed by atoms with Crippen molar-refractivity contribution < 1.29 is 28.3 Å². The zero-order valence-electron chi connectivity index (χ0n) is 23.3. The highest BCUT2D eigenvalue weighted by atomic mass is 16.5. The molecule has 0 atom stereocenters. The van der Waals surface area contributed by atoms with E-state index in [0.717, 1.165) is 48.3 Å². The number of amides is 2. The Morgan fingerprint density at radius 3 is 2.03 bits per heavy atom. The zero-order chi connectivity index (χ0) is 27.7. The molecule has 3 rings (SSSR count). The summed E-state index contributed by atoms with van der Waals surface area (Å²) in [6.45, 7) is 10.1. The van der Waals surface area contributed by atoms with Gasteiger partial charge in [0.25, 0.3) is 0 Å². The fourth-order valence-corrected chi connectivity index (χ4v) is 4.12. The van der Waals surface area contributed by atoms with Gasteiger partial charge in [-0.15, -0.1) is 0 Å². The number of unbranched alkanes of at least 4 members (excludes halogenated alkanes) is 2. The summed E-state index contributed by atoms with van der Waals surface area (Å²) < 4.78 is 23.4. The molecule has 0 radical (unpaired) electrons. The molecule has 0 aliphatic rings. The molecule has 204 valence electrons. The summed E-state index contributed by atoms with van der Waals surface area (Å²) in [5, 5.41) is 4.39. The molecule has 0 saturated heterocycles. The molecule has 0 fully saturated rings. The van der Waals surface area contributed by atoms with E-state index < -0.39 is 11.8 Å². The van der Waals surface area contributed by atoms with Gasteiger partial charge in [-0.3, -0.25) is 9.59 Å². The Morgan fingerprint density at radius 2 is 1.50 bits per heavy atom. The van der Waals surface area contributed by atoms with Gasteiger partial charge in [-0.25, -0.2) is 4.90 Å².